The molecule has 1 unspecified atom stereocenters. The standard InChI is InChI=1S/C17H16N8/c1-8-3-9(2)5-10(4-8)14-12-13(20)11(6-18)15(21)24-16(12)25-17(23-14)22-7-19/h3-5,14H,1-2H3,(H6,20,21,22,23,24,25). The van der Waals surface area contributed by atoms with E-state index in [1.807, 2.05) is 38.2 Å². The third-order valence-electron chi connectivity index (χ3n) is 3.92. The van der Waals surface area contributed by atoms with Gasteiger partial charge >= 0.3 is 0 Å². The van der Waals surface area contributed by atoms with Gasteiger partial charge in [0.25, 0.3) is 0 Å². The van der Waals surface area contributed by atoms with Gasteiger partial charge in [0.1, 0.15) is 29.3 Å². The van der Waals surface area contributed by atoms with E-state index in [2.05, 4.69) is 26.7 Å². The van der Waals surface area contributed by atoms with E-state index in [1.165, 1.54) is 0 Å². The number of nitrogens with two attached hydrogens (primary N) is 2. The molecule has 0 fully saturated rings. The van der Waals surface area contributed by atoms with Crippen LogP contribution >= 0.6 is 0 Å². The summed E-state index contributed by atoms with van der Waals surface area (Å²) in [6.07, 6.45) is 1.83. The van der Waals surface area contributed by atoms with Crippen molar-refractivity contribution >= 4 is 23.3 Å². The Morgan fingerprint density at radius 2 is 1.84 bits per heavy atom. The molecule has 0 amide bonds. The van der Waals surface area contributed by atoms with Gasteiger partial charge < -0.3 is 16.8 Å². The molecule has 0 spiro atoms. The highest BCUT2D eigenvalue weighted by atomic mass is 15.2. The number of nitrogens with one attached hydrogen (secondary N) is 2. The lowest BCUT2D eigenvalue weighted by atomic mass is 9.93. The number of hydrogen-bond acceptors (Lipinski definition) is 8. The van der Waals surface area contributed by atoms with Crippen LogP contribution in [0.5, 0.6) is 0 Å². The highest BCUT2D eigenvalue weighted by molar-refractivity contribution is 5.98. The van der Waals surface area contributed by atoms with Crippen molar-refractivity contribution in [3.8, 4) is 12.3 Å². The Morgan fingerprint density at radius 3 is 2.44 bits per heavy atom. The molecule has 2 heterocycles. The summed E-state index contributed by atoms with van der Waals surface area (Å²) in [5, 5.41) is 23.6. The zero-order chi connectivity index (χ0) is 18.1. The minimum atomic E-state index is -0.508. The maximum absolute atomic E-state index is 9.32. The first kappa shape index (κ1) is 16.1. The summed E-state index contributed by atoms with van der Waals surface area (Å²) >= 11 is 0. The number of nitrogens with zero attached hydrogens (tertiary/aromatic N) is 4. The molecule has 6 N–H and O–H groups in total. The van der Waals surface area contributed by atoms with Gasteiger partial charge in [-0.25, -0.2) is 9.98 Å². The number of guanidine groups is 1. The number of anilines is 3. The van der Waals surface area contributed by atoms with Crippen LogP contribution in [-0.2, 0) is 0 Å². The van der Waals surface area contributed by atoms with Crippen LogP contribution < -0.4 is 22.1 Å². The molecule has 2 aromatic rings. The van der Waals surface area contributed by atoms with E-state index in [9.17, 15) is 5.26 Å². The third kappa shape index (κ3) is 2.77. The molecule has 0 radical (unpaired) electrons. The Kier molecular flexibility index (Phi) is 3.88. The average Bonchev–Trinajstić information content (AvgIpc) is 2.53. The molecule has 0 aliphatic carbocycles. The summed E-state index contributed by atoms with van der Waals surface area (Å²) in [4.78, 5) is 8.77. The summed E-state index contributed by atoms with van der Waals surface area (Å²) < 4.78 is 0. The highest BCUT2D eigenvalue weighted by Gasteiger charge is 2.29. The second-order valence-corrected chi connectivity index (χ2v) is 5.82. The molecule has 1 atom stereocenters. The quantitative estimate of drug-likeness (QED) is 0.458. The first-order valence-electron chi connectivity index (χ1n) is 7.51. The van der Waals surface area contributed by atoms with Gasteiger partial charge in [0, 0.05) is 5.56 Å². The van der Waals surface area contributed by atoms with Crippen LogP contribution in [0.25, 0.3) is 0 Å². The molecule has 124 valence electrons. The number of benzene rings is 1. The van der Waals surface area contributed by atoms with E-state index in [-0.39, 0.29) is 23.0 Å². The fraction of sp³-hybridized carbons (Fsp3) is 0.176. The normalized spacial score (nSPS) is 15.2. The van der Waals surface area contributed by atoms with Crippen LogP contribution in [0.4, 0.5) is 17.3 Å². The number of pyridine rings is 1. The van der Waals surface area contributed by atoms with Crippen molar-refractivity contribution in [2.24, 2.45) is 4.99 Å². The summed E-state index contributed by atoms with van der Waals surface area (Å²) in [5.41, 5.74) is 16.0. The Balaban J connectivity index is 2.27. The Hall–Kier alpha value is -3.78. The fourth-order valence-corrected chi connectivity index (χ4v) is 2.99. The molecular formula is C17H16N8. The Morgan fingerprint density at radius 1 is 1.16 bits per heavy atom. The second kappa shape index (κ2) is 6.02. The highest BCUT2D eigenvalue weighted by Crippen LogP contribution is 2.40. The van der Waals surface area contributed by atoms with E-state index >= 15 is 0 Å². The van der Waals surface area contributed by atoms with Crippen molar-refractivity contribution in [1.82, 2.24) is 10.3 Å². The van der Waals surface area contributed by atoms with Gasteiger partial charge in [0.15, 0.2) is 6.19 Å². The summed E-state index contributed by atoms with van der Waals surface area (Å²) in [5.74, 6) is 0.657. The van der Waals surface area contributed by atoms with Gasteiger partial charge in [0.05, 0.1) is 5.69 Å². The van der Waals surface area contributed by atoms with E-state index in [0.29, 0.717) is 11.4 Å². The van der Waals surface area contributed by atoms with E-state index in [4.69, 9.17) is 16.7 Å². The molecule has 0 bridgehead atoms. The van der Waals surface area contributed by atoms with E-state index < -0.39 is 6.04 Å². The molecule has 0 saturated heterocycles. The summed E-state index contributed by atoms with van der Waals surface area (Å²) in [6, 6.07) is 7.51. The number of aromatic nitrogens is 1. The van der Waals surface area contributed by atoms with Crippen LogP contribution in [-0.4, -0.2) is 10.9 Å². The zero-order valence-electron chi connectivity index (χ0n) is 13.8. The monoisotopic (exact) mass is 332 g/mol. The first-order valence-corrected chi connectivity index (χ1v) is 7.51. The van der Waals surface area contributed by atoms with Gasteiger partial charge in [-0.2, -0.15) is 10.5 Å². The predicted molar refractivity (Wildman–Crippen MR) is 95.3 cm³/mol. The van der Waals surface area contributed by atoms with Gasteiger partial charge in [-0.15, -0.1) is 0 Å². The fourth-order valence-electron chi connectivity index (χ4n) is 2.99. The first-order chi connectivity index (χ1) is 11.9. The van der Waals surface area contributed by atoms with Gasteiger partial charge in [-0.05, 0) is 19.4 Å². The molecule has 1 aliphatic heterocycles. The van der Waals surface area contributed by atoms with Crippen LogP contribution in [0.1, 0.15) is 33.9 Å². The average molecular weight is 332 g/mol. The number of hydrogen-bond donors (Lipinski definition) is 4. The lowest BCUT2D eigenvalue weighted by Crippen LogP contribution is -2.32. The van der Waals surface area contributed by atoms with Crippen molar-refractivity contribution < 1.29 is 0 Å². The smallest absolute Gasteiger partial charge is 0.211 e. The van der Waals surface area contributed by atoms with Crippen molar-refractivity contribution in [2.45, 2.75) is 19.9 Å². The SMILES string of the molecule is Cc1cc(C)cc(C2N=C(NC#N)Nc3nc(N)c(C#N)c(N)c32)c1. The number of fused-ring (bicyclic) bond motifs is 1. The molecule has 1 aromatic carbocycles. The number of nitriles is 2. The maximum atomic E-state index is 9.32. The Labute approximate surface area is 144 Å². The van der Waals surface area contributed by atoms with Crippen molar-refractivity contribution in [3.05, 3.63) is 46.0 Å². The minimum absolute atomic E-state index is 0.0311. The van der Waals surface area contributed by atoms with E-state index in [0.717, 1.165) is 16.7 Å². The topological polar surface area (TPSA) is 149 Å². The molecule has 3 rings (SSSR count). The van der Waals surface area contributed by atoms with Gasteiger partial charge in [0.2, 0.25) is 5.96 Å². The summed E-state index contributed by atoms with van der Waals surface area (Å²) in [7, 11) is 0. The molecule has 1 aromatic heterocycles. The molecule has 8 heteroatoms. The molecule has 1 aliphatic rings. The molecular weight excluding hydrogens is 316 g/mol. The number of aryl methyl sites for hydroxylation is 2. The van der Waals surface area contributed by atoms with Crippen molar-refractivity contribution in [2.75, 3.05) is 16.8 Å². The van der Waals surface area contributed by atoms with Gasteiger partial charge in [-0.1, -0.05) is 29.3 Å². The number of aliphatic imine (C=N–C) groups is 1. The maximum Gasteiger partial charge on any atom is 0.211 e. The molecule has 25 heavy (non-hydrogen) atoms. The van der Waals surface area contributed by atoms with Crippen LogP contribution in [0.2, 0.25) is 0 Å². The largest absolute Gasteiger partial charge is 0.397 e. The predicted octanol–water partition coefficient (Wildman–Crippen LogP) is 1.68. The number of nitrogen functional groups attached to an aromatic ring is 2. The second-order valence-electron chi connectivity index (χ2n) is 5.82. The van der Waals surface area contributed by atoms with Crippen LogP contribution in [0.3, 0.4) is 0 Å². The van der Waals surface area contributed by atoms with Crippen LogP contribution in [0, 0.1) is 36.6 Å². The number of rotatable bonds is 1. The summed E-state index contributed by atoms with van der Waals surface area (Å²) in [6.45, 7) is 3.98. The lowest BCUT2D eigenvalue weighted by molar-refractivity contribution is 0.844. The Bertz CT molecular complexity index is 957. The lowest BCUT2D eigenvalue weighted by Gasteiger charge is -2.26. The molecule has 8 nitrogen and oxygen atoms in total. The van der Waals surface area contributed by atoms with Crippen LogP contribution in [0.15, 0.2) is 23.2 Å². The molecule has 0 saturated carbocycles. The minimum Gasteiger partial charge on any atom is -0.397 e. The van der Waals surface area contributed by atoms with Crippen molar-refractivity contribution in [1.29, 1.82) is 10.5 Å². The van der Waals surface area contributed by atoms with E-state index in [1.54, 1.807) is 0 Å². The van der Waals surface area contributed by atoms with Gasteiger partial charge in [-0.3, -0.25) is 5.32 Å². The zero-order valence-corrected chi connectivity index (χ0v) is 13.8. The van der Waals surface area contributed by atoms with Crippen molar-refractivity contribution in [3.63, 3.8) is 0 Å². The third-order valence-corrected chi connectivity index (χ3v) is 3.92.